The number of carbonyl (C=O) groups excluding carboxylic acids is 1. The maximum absolute atomic E-state index is 13.3. The summed E-state index contributed by atoms with van der Waals surface area (Å²) in [6.45, 7) is 1.86. The fraction of sp³-hybridized carbons (Fsp3) is 0.400. The quantitative estimate of drug-likeness (QED) is 0.788. The Morgan fingerprint density at radius 2 is 1.89 bits per heavy atom. The minimum Gasteiger partial charge on any atom is -0.306 e. The van der Waals surface area contributed by atoms with Crippen LogP contribution in [0, 0.1) is 0 Å². The number of carbonyl (C=O) groups is 1. The van der Waals surface area contributed by atoms with Crippen LogP contribution in [-0.2, 0) is 13.0 Å². The maximum Gasteiger partial charge on any atom is 0.258 e. The molecule has 0 atom stereocenters. The van der Waals surface area contributed by atoms with Gasteiger partial charge in [0.15, 0.2) is 0 Å². The molecule has 142 valence electrons. The smallest absolute Gasteiger partial charge is 0.258 e. The van der Waals surface area contributed by atoms with E-state index in [-0.39, 0.29) is 18.7 Å². The van der Waals surface area contributed by atoms with Crippen molar-refractivity contribution < 1.29 is 13.6 Å². The minimum atomic E-state index is -2.55. The van der Waals surface area contributed by atoms with Crippen LogP contribution in [0.5, 0.6) is 0 Å². The molecule has 0 bridgehead atoms. The second kappa shape index (κ2) is 7.17. The number of anilines is 1. The number of amides is 1. The number of pyridine rings is 1. The average Bonchev–Trinajstić information content (AvgIpc) is 2.64. The minimum absolute atomic E-state index is 0.0653. The van der Waals surface area contributed by atoms with Gasteiger partial charge in [-0.25, -0.2) is 8.78 Å². The molecule has 0 saturated carbocycles. The van der Waals surface area contributed by atoms with Gasteiger partial charge in [0.05, 0.1) is 11.9 Å². The molecule has 7 heteroatoms. The number of rotatable bonds is 3. The Morgan fingerprint density at radius 1 is 1.11 bits per heavy atom. The van der Waals surface area contributed by atoms with E-state index in [1.807, 2.05) is 17.0 Å². The first-order valence-electron chi connectivity index (χ1n) is 9.06. The van der Waals surface area contributed by atoms with Crippen LogP contribution in [0.25, 0.3) is 0 Å². The molecule has 1 amide bonds. The molecule has 2 aromatic rings. The highest BCUT2D eigenvalue weighted by molar-refractivity contribution is 6.30. The number of alkyl halides is 2. The zero-order chi connectivity index (χ0) is 19.0. The van der Waals surface area contributed by atoms with Crippen LogP contribution in [0.1, 0.15) is 34.3 Å². The van der Waals surface area contributed by atoms with Crippen molar-refractivity contribution in [3.63, 3.8) is 0 Å². The van der Waals surface area contributed by atoms with Crippen LogP contribution in [0.2, 0.25) is 5.02 Å². The van der Waals surface area contributed by atoms with E-state index in [0.717, 1.165) is 23.2 Å². The summed E-state index contributed by atoms with van der Waals surface area (Å²) in [4.78, 5) is 20.9. The third kappa shape index (κ3) is 3.96. The van der Waals surface area contributed by atoms with Crippen LogP contribution in [0.4, 0.5) is 14.5 Å². The number of aromatic nitrogens is 1. The van der Waals surface area contributed by atoms with Gasteiger partial charge < -0.3 is 4.90 Å². The van der Waals surface area contributed by atoms with Gasteiger partial charge in [-0.1, -0.05) is 11.6 Å². The molecule has 0 N–H and O–H groups in total. The fourth-order valence-electron chi connectivity index (χ4n) is 3.71. The number of fused-ring (bicyclic) bond motifs is 1. The van der Waals surface area contributed by atoms with E-state index in [4.69, 9.17) is 11.6 Å². The molecule has 27 heavy (non-hydrogen) atoms. The van der Waals surface area contributed by atoms with Crippen molar-refractivity contribution in [1.82, 2.24) is 9.88 Å². The lowest BCUT2D eigenvalue weighted by Gasteiger charge is -2.32. The monoisotopic (exact) mass is 391 g/mol. The normalized spacial score (nSPS) is 19.8. The average molecular weight is 392 g/mol. The zero-order valence-electron chi connectivity index (χ0n) is 14.8. The van der Waals surface area contributed by atoms with Gasteiger partial charge in [-0.15, -0.1) is 0 Å². The van der Waals surface area contributed by atoms with Crippen molar-refractivity contribution in [2.75, 3.05) is 24.5 Å². The maximum atomic E-state index is 13.3. The summed E-state index contributed by atoms with van der Waals surface area (Å²) in [5.74, 6) is -2.61. The molecule has 0 unspecified atom stereocenters. The van der Waals surface area contributed by atoms with E-state index in [1.54, 1.807) is 29.4 Å². The van der Waals surface area contributed by atoms with Crippen LogP contribution < -0.4 is 4.90 Å². The van der Waals surface area contributed by atoms with Gasteiger partial charge in [0.2, 0.25) is 0 Å². The highest BCUT2D eigenvalue weighted by Gasteiger charge is 2.34. The largest absolute Gasteiger partial charge is 0.306 e. The molecule has 4 nitrogen and oxygen atoms in total. The first-order chi connectivity index (χ1) is 12.9. The first-order valence-corrected chi connectivity index (χ1v) is 9.43. The molecule has 1 aromatic heterocycles. The van der Waals surface area contributed by atoms with Gasteiger partial charge >= 0.3 is 0 Å². The van der Waals surface area contributed by atoms with E-state index in [1.165, 1.54) is 0 Å². The van der Waals surface area contributed by atoms with Gasteiger partial charge in [-0.05, 0) is 41.8 Å². The summed E-state index contributed by atoms with van der Waals surface area (Å²) in [5, 5.41) is 0.630. The summed E-state index contributed by atoms with van der Waals surface area (Å²) in [5.41, 5.74) is 3.28. The highest BCUT2D eigenvalue weighted by Crippen LogP contribution is 2.29. The molecule has 0 radical (unpaired) electrons. The molecule has 2 aliphatic rings. The molecule has 4 rings (SSSR count). The molecule has 0 aliphatic carbocycles. The summed E-state index contributed by atoms with van der Waals surface area (Å²) >= 11 is 6.02. The van der Waals surface area contributed by atoms with E-state index < -0.39 is 5.92 Å². The Balaban J connectivity index is 1.50. The molecule has 2 aliphatic heterocycles. The van der Waals surface area contributed by atoms with Crippen molar-refractivity contribution >= 4 is 23.2 Å². The molecular weight excluding hydrogens is 372 g/mol. The van der Waals surface area contributed by atoms with Crippen LogP contribution in [0.3, 0.4) is 0 Å². The topological polar surface area (TPSA) is 36.4 Å². The third-order valence-corrected chi connectivity index (χ3v) is 5.47. The van der Waals surface area contributed by atoms with Crippen molar-refractivity contribution in [2.45, 2.75) is 31.7 Å². The number of benzene rings is 1. The van der Waals surface area contributed by atoms with E-state index in [2.05, 4.69) is 4.98 Å². The fourth-order valence-corrected chi connectivity index (χ4v) is 3.90. The Morgan fingerprint density at radius 3 is 2.67 bits per heavy atom. The second-order valence-electron chi connectivity index (χ2n) is 7.19. The van der Waals surface area contributed by atoms with Crippen LogP contribution in [-0.4, -0.2) is 41.3 Å². The standard InChI is InChI=1S/C20H20ClF2N3O/c21-16-1-2-18-15(10-16)3-6-26(19(18)27)17-9-14(11-24-12-17)13-25-7-4-20(22,23)5-8-25/h1-2,9-12H,3-8,13H2. The lowest BCUT2D eigenvalue weighted by molar-refractivity contribution is -0.0566. The number of hydrogen-bond donors (Lipinski definition) is 0. The highest BCUT2D eigenvalue weighted by atomic mass is 35.5. The summed E-state index contributed by atoms with van der Waals surface area (Å²) in [6.07, 6.45) is 3.92. The first kappa shape index (κ1) is 18.3. The Hall–Kier alpha value is -2.05. The molecular formula is C20H20ClF2N3O. The van der Waals surface area contributed by atoms with Crippen LogP contribution >= 0.6 is 11.6 Å². The van der Waals surface area contributed by atoms with Crippen molar-refractivity contribution in [3.8, 4) is 0 Å². The van der Waals surface area contributed by atoms with Crippen molar-refractivity contribution in [2.24, 2.45) is 0 Å². The van der Waals surface area contributed by atoms with Crippen molar-refractivity contribution in [1.29, 1.82) is 0 Å². The Bertz CT molecular complexity index is 864. The number of hydrogen-bond acceptors (Lipinski definition) is 3. The zero-order valence-corrected chi connectivity index (χ0v) is 15.6. The number of piperidine rings is 1. The second-order valence-corrected chi connectivity index (χ2v) is 7.63. The molecule has 0 spiro atoms. The summed E-state index contributed by atoms with van der Waals surface area (Å²) < 4.78 is 26.6. The predicted octanol–water partition coefficient (Wildman–Crippen LogP) is 4.17. The lowest BCUT2D eigenvalue weighted by Crippen LogP contribution is -2.39. The van der Waals surface area contributed by atoms with E-state index in [9.17, 15) is 13.6 Å². The lowest BCUT2D eigenvalue weighted by atomic mass is 9.98. The number of likely N-dealkylation sites (tertiary alicyclic amines) is 1. The van der Waals surface area contributed by atoms with Gasteiger partial charge in [0, 0.05) is 55.8 Å². The summed E-state index contributed by atoms with van der Waals surface area (Å²) in [6, 6.07) is 7.26. The molecule has 1 fully saturated rings. The SMILES string of the molecule is O=C1c2ccc(Cl)cc2CCN1c1cncc(CN2CCC(F)(F)CC2)c1. The van der Waals surface area contributed by atoms with Gasteiger partial charge in [0.25, 0.3) is 11.8 Å². The number of nitrogens with zero attached hydrogens (tertiary/aromatic N) is 3. The van der Waals surface area contributed by atoms with Gasteiger partial charge in [-0.2, -0.15) is 0 Å². The van der Waals surface area contributed by atoms with E-state index in [0.29, 0.717) is 36.8 Å². The molecule has 3 heterocycles. The van der Waals surface area contributed by atoms with Crippen LogP contribution in [0.15, 0.2) is 36.7 Å². The van der Waals surface area contributed by atoms with Gasteiger partial charge in [0.1, 0.15) is 0 Å². The number of halogens is 3. The Labute approximate surface area is 161 Å². The summed E-state index contributed by atoms with van der Waals surface area (Å²) in [7, 11) is 0. The van der Waals surface area contributed by atoms with E-state index >= 15 is 0 Å². The molecule has 1 saturated heterocycles. The molecule has 1 aromatic carbocycles. The predicted molar refractivity (Wildman–Crippen MR) is 101 cm³/mol. The Kier molecular flexibility index (Phi) is 4.86. The van der Waals surface area contributed by atoms with Crippen molar-refractivity contribution in [3.05, 3.63) is 58.4 Å². The van der Waals surface area contributed by atoms with Gasteiger partial charge in [-0.3, -0.25) is 14.7 Å². The third-order valence-electron chi connectivity index (χ3n) is 5.23.